The zero-order chi connectivity index (χ0) is 15.0. The minimum atomic E-state index is -0.261. The Morgan fingerprint density at radius 3 is 2.10 bits per heavy atom. The third kappa shape index (κ3) is 2.90. The van der Waals surface area contributed by atoms with Crippen LogP contribution in [0.1, 0.15) is 30.9 Å². The molecule has 0 saturated carbocycles. The molecule has 0 saturated heterocycles. The topological polar surface area (TPSA) is 25.8 Å². The van der Waals surface area contributed by atoms with Crippen LogP contribution >= 0.6 is 34.8 Å². The van der Waals surface area contributed by atoms with E-state index >= 15 is 0 Å². The summed E-state index contributed by atoms with van der Waals surface area (Å²) in [6, 6.07) is 3.19. The van der Waals surface area contributed by atoms with Gasteiger partial charge in [-0.15, -0.1) is 0 Å². The number of benzene rings is 1. The van der Waals surface area contributed by atoms with Crippen molar-refractivity contribution in [2.45, 2.75) is 26.7 Å². The van der Waals surface area contributed by atoms with Crippen molar-refractivity contribution in [1.29, 1.82) is 0 Å². The average Bonchev–Trinajstić information content (AvgIpc) is 2.37. The molecule has 0 N–H and O–H groups in total. The molecule has 0 unspecified atom stereocenters. The molecule has 0 amide bonds. The number of aryl methyl sites for hydroxylation is 1. The van der Waals surface area contributed by atoms with Crippen LogP contribution in [0.25, 0.3) is 11.4 Å². The van der Waals surface area contributed by atoms with Gasteiger partial charge in [0.25, 0.3) is 0 Å². The lowest BCUT2D eigenvalue weighted by Gasteiger charge is -2.14. The predicted octanol–water partition coefficient (Wildman–Crippen LogP) is 5.67. The first-order valence-electron chi connectivity index (χ1n) is 6.00. The Morgan fingerprint density at radius 2 is 1.60 bits per heavy atom. The van der Waals surface area contributed by atoms with E-state index in [0.717, 1.165) is 5.56 Å². The zero-order valence-corrected chi connectivity index (χ0v) is 13.4. The van der Waals surface area contributed by atoms with Gasteiger partial charge in [-0.1, -0.05) is 48.7 Å². The van der Waals surface area contributed by atoms with Crippen molar-refractivity contribution in [3.63, 3.8) is 0 Å². The molecular formula is C14H12Cl3FN2. The van der Waals surface area contributed by atoms with Gasteiger partial charge in [-0.25, -0.2) is 14.4 Å². The van der Waals surface area contributed by atoms with Crippen LogP contribution in [0.4, 0.5) is 4.39 Å². The van der Waals surface area contributed by atoms with Crippen LogP contribution in [0.15, 0.2) is 12.1 Å². The largest absolute Gasteiger partial charge is 0.215 e. The Hall–Kier alpha value is -0.900. The molecule has 2 aromatic rings. The summed E-state index contributed by atoms with van der Waals surface area (Å²) in [6.45, 7) is 5.61. The van der Waals surface area contributed by atoms with Crippen molar-refractivity contribution in [2.24, 2.45) is 0 Å². The number of hydrogen-bond donors (Lipinski definition) is 0. The summed E-state index contributed by atoms with van der Waals surface area (Å²) in [5.74, 6) is 0.191. The Bertz CT molecular complexity index is 649. The molecule has 0 spiro atoms. The molecule has 2 rings (SSSR count). The van der Waals surface area contributed by atoms with Gasteiger partial charge in [0.15, 0.2) is 16.1 Å². The zero-order valence-electron chi connectivity index (χ0n) is 11.1. The van der Waals surface area contributed by atoms with Gasteiger partial charge in [0, 0.05) is 5.56 Å². The summed E-state index contributed by atoms with van der Waals surface area (Å²) >= 11 is 17.7. The van der Waals surface area contributed by atoms with E-state index < -0.39 is 0 Å². The molecule has 0 aliphatic carbocycles. The van der Waals surface area contributed by atoms with E-state index in [1.807, 2.05) is 13.8 Å². The van der Waals surface area contributed by atoms with E-state index in [-0.39, 0.29) is 27.1 Å². The van der Waals surface area contributed by atoms with Crippen molar-refractivity contribution in [2.75, 3.05) is 0 Å². The van der Waals surface area contributed by atoms with E-state index in [4.69, 9.17) is 34.8 Å². The fraction of sp³-hybridized carbons (Fsp3) is 0.286. The molecule has 6 heteroatoms. The first-order valence-corrected chi connectivity index (χ1v) is 7.13. The second-order valence-electron chi connectivity index (χ2n) is 4.79. The van der Waals surface area contributed by atoms with E-state index in [1.165, 1.54) is 6.07 Å². The van der Waals surface area contributed by atoms with E-state index in [0.29, 0.717) is 17.0 Å². The van der Waals surface area contributed by atoms with Gasteiger partial charge in [-0.3, -0.25) is 0 Å². The first kappa shape index (κ1) is 15.5. The summed E-state index contributed by atoms with van der Waals surface area (Å²) in [7, 11) is 0. The SMILES string of the molecule is Cc1cc(-c2nc(Cl)c(Cl)c(Cl)n2)c(C(C)C)cc1F. The van der Waals surface area contributed by atoms with Crippen LogP contribution in [0.5, 0.6) is 0 Å². The van der Waals surface area contributed by atoms with E-state index in [1.54, 1.807) is 13.0 Å². The Kier molecular flexibility index (Phi) is 4.52. The lowest BCUT2D eigenvalue weighted by Crippen LogP contribution is -2.00. The summed E-state index contributed by atoms with van der Waals surface area (Å²) in [6.07, 6.45) is 0. The van der Waals surface area contributed by atoms with Crippen molar-refractivity contribution in [3.8, 4) is 11.4 Å². The van der Waals surface area contributed by atoms with Crippen LogP contribution in [0, 0.1) is 12.7 Å². The molecule has 0 aliphatic heterocycles. The highest BCUT2D eigenvalue weighted by atomic mass is 35.5. The number of aromatic nitrogens is 2. The smallest absolute Gasteiger partial charge is 0.162 e. The maximum absolute atomic E-state index is 13.7. The molecule has 0 aliphatic rings. The van der Waals surface area contributed by atoms with Gasteiger partial charge in [-0.05, 0) is 36.1 Å². The molecule has 1 heterocycles. The lowest BCUT2D eigenvalue weighted by atomic mass is 9.94. The molecule has 0 fully saturated rings. The molecule has 1 aromatic heterocycles. The first-order chi connectivity index (χ1) is 9.31. The van der Waals surface area contributed by atoms with Gasteiger partial charge in [0.2, 0.25) is 0 Å². The summed E-state index contributed by atoms with van der Waals surface area (Å²) in [5, 5.41) is 0.277. The van der Waals surface area contributed by atoms with Crippen LogP contribution < -0.4 is 0 Å². The molecule has 106 valence electrons. The quantitative estimate of drug-likeness (QED) is 0.661. The average molecular weight is 334 g/mol. The number of halogens is 4. The standard InChI is InChI=1S/C14H12Cl3FN2/c1-6(2)8-5-10(18)7(3)4-9(8)14-19-12(16)11(15)13(17)20-14/h4-6H,1-3H3. The monoisotopic (exact) mass is 332 g/mol. The van der Waals surface area contributed by atoms with Gasteiger partial charge in [-0.2, -0.15) is 0 Å². The fourth-order valence-electron chi connectivity index (χ4n) is 1.88. The highest BCUT2D eigenvalue weighted by molar-refractivity contribution is 6.46. The number of nitrogens with zero attached hydrogens (tertiary/aromatic N) is 2. The van der Waals surface area contributed by atoms with Crippen LogP contribution in [-0.2, 0) is 0 Å². The maximum Gasteiger partial charge on any atom is 0.162 e. The molecule has 0 bridgehead atoms. The van der Waals surface area contributed by atoms with Crippen molar-refractivity contribution >= 4 is 34.8 Å². The Labute approximate surface area is 131 Å². The summed E-state index contributed by atoms with van der Waals surface area (Å²) < 4.78 is 13.7. The minimum absolute atomic E-state index is 0.0818. The van der Waals surface area contributed by atoms with Crippen molar-refractivity contribution < 1.29 is 4.39 Å². The second-order valence-corrected chi connectivity index (χ2v) is 5.88. The second kappa shape index (κ2) is 5.84. The van der Waals surface area contributed by atoms with E-state index in [2.05, 4.69) is 9.97 Å². The summed E-state index contributed by atoms with van der Waals surface area (Å²) in [4.78, 5) is 8.27. The predicted molar refractivity (Wildman–Crippen MR) is 81.3 cm³/mol. The molecular weight excluding hydrogens is 322 g/mol. The van der Waals surface area contributed by atoms with Crippen molar-refractivity contribution in [3.05, 3.63) is 44.4 Å². The van der Waals surface area contributed by atoms with Crippen LogP contribution in [0.2, 0.25) is 15.3 Å². The number of hydrogen-bond acceptors (Lipinski definition) is 2. The van der Waals surface area contributed by atoms with Crippen LogP contribution in [-0.4, -0.2) is 9.97 Å². The lowest BCUT2D eigenvalue weighted by molar-refractivity contribution is 0.614. The highest BCUT2D eigenvalue weighted by Crippen LogP contribution is 2.33. The molecule has 0 radical (unpaired) electrons. The van der Waals surface area contributed by atoms with Gasteiger partial charge >= 0.3 is 0 Å². The Morgan fingerprint density at radius 1 is 1.05 bits per heavy atom. The molecule has 1 aromatic carbocycles. The molecule has 2 nitrogen and oxygen atoms in total. The third-order valence-electron chi connectivity index (χ3n) is 2.96. The summed E-state index contributed by atoms with van der Waals surface area (Å²) in [5.41, 5.74) is 2.01. The van der Waals surface area contributed by atoms with Crippen LogP contribution in [0.3, 0.4) is 0 Å². The Balaban J connectivity index is 2.71. The van der Waals surface area contributed by atoms with Gasteiger partial charge < -0.3 is 0 Å². The van der Waals surface area contributed by atoms with Crippen molar-refractivity contribution in [1.82, 2.24) is 9.97 Å². The maximum atomic E-state index is 13.7. The van der Waals surface area contributed by atoms with Gasteiger partial charge in [0.1, 0.15) is 10.8 Å². The minimum Gasteiger partial charge on any atom is -0.215 e. The fourth-order valence-corrected chi connectivity index (χ4v) is 2.35. The van der Waals surface area contributed by atoms with E-state index in [9.17, 15) is 4.39 Å². The number of rotatable bonds is 2. The molecule has 20 heavy (non-hydrogen) atoms. The third-order valence-corrected chi connectivity index (χ3v) is 4.06. The highest BCUT2D eigenvalue weighted by Gasteiger charge is 2.17. The normalized spacial score (nSPS) is 11.2. The molecule has 0 atom stereocenters. The van der Waals surface area contributed by atoms with Gasteiger partial charge in [0.05, 0.1) is 0 Å².